The molecular weight excluding hydrogens is 505 g/mol. The Labute approximate surface area is 224 Å². The monoisotopic (exact) mass is 539 g/mol. The largest absolute Gasteiger partial charge is 0.354 e. The highest BCUT2D eigenvalue weighted by Crippen LogP contribution is 2.25. The van der Waals surface area contributed by atoms with E-state index in [1.54, 1.807) is 12.1 Å². The van der Waals surface area contributed by atoms with Crippen molar-refractivity contribution in [1.29, 1.82) is 0 Å². The Morgan fingerprint density at radius 2 is 1.55 bits per heavy atom. The quantitative estimate of drug-likeness (QED) is 0.363. The van der Waals surface area contributed by atoms with E-state index in [1.165, 1.54) is 29.2 Å². The van der Waals surface area contributed by atoms with Gasteiger partial charge in [0, 0.05) is 13.1 Å². The smallest absolute Gasteiger partial charge is 0.264 e. The van der Waals surface area contributed by atoms with Gasteiger partial charge in [-0.25, -0.2) is 12.8 Å². The van der Waals surface area contributed by atoms with Gasteiger partial charge in [0.25, 0.3) is 10.0 Å². The van der Waals surface area contributed by atoms with Crippen molar-refractivity contribution >= 4 is 27.5 Å². The van der Waals surface area contributed by atoms with Gasteiger partial charge < -0.3 is 10.2 Å². The van der Waals surface area contributed by atoms with Gasteiger partial charge in [0.15, 0.2) is 0 Å². The maximum absolute atomic E-state index is 13.9. The lowest BCUT2D eigenvalue weighted by Crippen LogP contribution is -2.52. The van der Waals surface area contributed by atoms with E-state index in [2.05, 4.69) is 5.32 Å². The molecule has 0 fully saturated rings. The molecule has 0 aromatic heterocycles. The summed E-state index contributed by atoms with van der Waals surface area (Å²) in [7, 11) is -4.19. The molecule has 0 radical (unpaired) electrons. The standard InChI is InChI=1S/C29H34FN3O4S/c1-4-19-31-29(35)27(5-2)32(20-23-9-7-6-8-10-23)28(34)21-33(25-15-13-24(30)14-16-25)38(36,37)26-17-11-22(3)12-18-26/h6-18,27H,4-5,19-21H2,1-3H3,(H,31,35)/t27-/m0/s1. The Kier molecular flexibility index (Phi) is 10.0. The second kappa shape index (κ2) is 13.2. The number of aryl methyl sites for hydroxylation is 1. The summed E-state index contributed by atoms with van der Waals surface area (Å²) in [4.78, 5) is 28.3. The van der Waals surface area contributed by atoms with Gasteiger partial charge in [-0.3, -0.25) is 13.9 Å². The normalized spacial score (nSPS) is 12.0. The average Bonchev–Trinajstić information content (AvgIpc) is 2.91. The van der Waals surface area contributed by atoms with Crippen molar-refractivity contribution in [2.75, 3.05) is 17.4 Å². The zero-order valence-corrected chi connectivity index (χ0v) is 22.7. The molecule has 0 aliphatic carbocycles. The van der Waals surface area contributed by atoms with Crippen LogP contribution in [0.15, 0.2) is 83.8 Å². The van der Waals surface area contributed by atoms with Crippen LogP contribution in [0, 0.1) is 12.7 Å². The summed E-state index contributed by atoms with van der Waals surface area (Å²) in [5.41, 5.74) is 1.83. The Hall–Kier alpha value is -3.72. The first-order chi connectivity index (χ1) is 18.2. The summed E-state index contributed by atoms with van der Waals surface area (Å²) >= 11 is 0. The minimum Gasteiger partial charge on any atom is -0.354 e. The van der Waals surface area contributed by atoms with Gasteiger partial charge in [0.1, 0.15) is 18.4 Å². The number of hydrogen-bond donors (Lipinski definition) is 1. The Morgan fingerprint density at radius 3 is 2.13 bits per heavy atom. The molecule has 3 aromatic rings. The summed E-state index contributed by atoms with van der Waals surface area (Å²) in [6.45, 7) is 5.61. The van der Waals surface area contributed by atoms with Crippen LogP contribution in [0.3, 0.4) is 0 Å². The van der Waals surface area contributed by atoms with Crippen LogP contribution in [-0.4, -0.2) is 44.3 Å². The Bertz CT molecular complexity index is 1310. The van der Waals surface area contributed by atoms with Crippen LogP contribution in [0.2, 0.25) is 0 Å². The van der Waals surface area contributed by atoms with E-state index in [9.17, 15) is 22.4 Å². The molecule has 0 unspecified atom stereocenters. The third kappa shape index (κ3) is 7.19. The fourth-order valence-corrected chi connectivity index (χ4v) is 5.45. The minimum atomic E-state index is -4.19. The molecule has 202 valence electrons. The lowest BCUT2D eigenvalue weighted by molar-refractivity contribution is -0.140. The summed E-state index contributed by atoms with van der Waals surface area (Å²) in [6, 6.07) is 19.6. The molecule has 0 saturated heterocycles. The van der Waals surface area contributed by atoms with E-state index in [0.29, 0.717) is 13.0 Å². The second-order valence-electron chi connectivity index (χ2n) is 9.02. The molecule has 0 aliphatic heterocycles. The third-order valence-corrected chi connectivity index (χ3v) is 7.92. The zero-order chi connectivity index (χ0) is 27.7. The molecule has 0 bridgehead atoms. The number of anilines is 1. The van der Waals surface area contributed by atoms with Crippen LogP contribution in [0.4, 0.5) is 10.1 Å². The number of halogens is 1. The number of amides is 2. The van der Waals surface area contributed by atoms with E-state index in [1.807, 2.05) is 51.1 Å². The number of nitrogens with one attached hydrogen (secondary N) is 1. The number of sulfonamides is 1. The lowest BCUT2D eigenvalue weighted by atomic mass is 10.1. The van der Waals surface area contributed by atoms with Crippen molar-refractivity contribution in [1.82, 2.24) is 10.2 Å². The SMILES string of the molecule is CCCNC(=O)[C@H](CC)N(Cc1ccccc1)C(=O)CN(c1ccc(F)cc1)S(=O)(=O)c1ccc(C)cc1. The molecule has 0 saturated carbocycles. The number of rotatable bonds is 12. The molecule has 3 rings (SSSR count). The zero-order valence-electron chi connectivity index (χ0n) is 21.9. The van der Waals surface area contributed by atoms with Crippen LogP contribution in [-0.2, 0) is 26.2 Å². The number of hydrogen-bond acceptors (Lipinski definition) is 4. The van der Waals surface area contributed by atoms with Gasteiger partial charge in [0.2, 0.25) is 11.8 Å². The first kappa shape index (κ1) is 28.8. The number of carbonyl (C=O) groups excluding carboxylic acids is 2. The van der Waals surface area contributed by atoms with Crippen LogP contribution in [0.1, 0.15) is 37.8 Å². The summed E-state index contributed by atoms with van der Waals surface area (Å²) in [5, 5.41) is 2.85. The maximum Gasteiger partial charge on any atom is 0.264 e. The van der Waals surface area contributed by atoms with Crippen LogP contribution in [0.25, 0.3) is 0 Å². The molecule has 0 heterocycles. The molecule has 7 nitrogen and oxygen atoms in total. The first-order valence-corrected chi connectivity index (χ1v) is 14.1. The summed E-state index contributed by atoms with van der Waals surface area (Å²) in [5.74, 6) is -1.38. The molecule has 9 heteroatoms. The fraction of sp³-hybridized carbons (Fsp3) is 0.310. The predicted molar refractivity (Wildman–Crippen MR) is 146 cm³/mol. The van der Waals surface area contributed by atoms with Crippen molar-refractivity contribution in [2.45, 2.75) is 51.1 Å². The number of benzene rings is 3. The van der Waals surface area contributed by atoms with E-state index >= 15 is 0 Å². The molecular formula is C29H34FN3O4S. The molecule has 2 amide bonds. The van der Waals surface area contributed by atoms with Gasteiger partial charge >= 0.3 is 0 Å². The Morgan fingerprint density at radius 1 is 0.921 bits per heavy atom. The van der Waals surface area contributed by atoms with Gasteiger partial charge in [-0.15, -0.1) is 0 Å². The molecule has 0 aliphatic rings. The first-order valence-electron chi connectivity index (χ1n) is 12.6. The topological polar surface area (TPSA) is 86.8 Å². The van der Waals surface area contributed by atoms with Gasteiger partial charge in [-0.2, -0.15) is 0 Å². The Balaban J connectivity index is 2.03. The molecule has 38 heavy (non-hydrogen) atoms. The highest BCUT2D eigenvalue weighted by molar-refractivity contribution is 7.92. The van der Waals surface area contributed by atoms with Gasteiger partial charge in [-0.1, -0.05) is 61.9 Å². The third-order valence-electron chi connectivity index (χ3n) is 6.13. The molecule has 1 N–H and O–H groups in total. The second-order valence-corrected chi connectivity index (χ2v) is 10.9. The maximum atomic E-state index is 13.9. The number of nitrogens with zero attached hydrogens (tertiary/aromatic N) is 2. The van der Waals surface area contributed by atoms with Crippen molar-refractivity contribution in [2.24, 2.45) is 0 Å². The van der Waals surface area contributed by atoms with E-state index in [0.717, 1.165) is 34.0 Å². The van der Waals surface area contributed by atoms with Crippen LogP contribution in [0.5, 0.6) is 0 Å². The van der Waals surface area contributed by atoms with Crippen molar-refractivity contribution in [3.63, 3.8) is 0 Å². The summed E-state index contributed by atoms with van der Waals surface area (Å²) in [6.07, 6.45) is 1.08. The van der Waals surface area contributed by atoms with Crippen LogP contribution >= 0.6 is 0 Å². The van der Waals surface area contributed by atoms with Crippen LogP contribution < -0.4 is 9.62 Å². The number of carbonyl (C=O) groups is 2. The highest BCUT2D eigenvalue weighted by Gasteiger charge is 2.33. The van der Waals surface area contributed by atoms with E-state index in [4.69, 9.17) is 0 Å². The molecule has 1 atom stereocenters. The van der Waals surface area contributed by atoms with E-state index in [-0.39, 0.29) is 23.0 Å². The molecule has 3 aromatic carbocycles. The van der Waals surface area contributed by atoms with E-state index < -0.39 is 34.3 Å². The van der Waals surface area contributed by atoms with Crippen molar-refractivity contribution < 1.29 is 22.4 Å². The van der Waals surface area contributed by atoms with Gasteiger partial charge in [-0.05, 0) is 61.7 Å². The average molecular weight is 540 g/mol. The van der Waals surface area contributed by atoms with Gasteiger partial charge in [0.05, 0.1) is 10.6 Å². The van der Waals surface area contributed by atoms with Crippen molar-refractivity contribution in [3.8, 4) is 0 Å². The molecule has 0 spiro atoms. The minimum absolute atomic E-state index is 0.00237. The van der Waals surface area contributed by atoms with Crippen molar-refractivity contribution in [3.05, 3.63) is 95.8 Å². The predicted octanol–water partition coefficient (Wildman–Crippen LogP) is 4.66. The highest BCUT2D eigenvalue weighted by atomic mass is 32.2. The summed E-state index contributed by atoms with van der Waals surface area (Å²) < 4.78 is 42.2. The fourth-order valence-electron chi connectivity index (χ4n) is 4.04. The lowest BCUT2D eigenvalue weighted by Gasteiger charge is -2.33.